The fourth-order valence-corrected chi connectivity index (χ4v) is 3.18. The van der Waals surface area contributed by atoms with Gasteiger partial charge in [-0.3, -0.25) is 10.2 Å². The molecule has 0 unspecified atom stereocenters. The van der Waals surface area contributed by atoms with E-state index in [1.807, 2.05) is 40.4 Å². The van der Waals surface area contributed by atoms with Crippen LogP contribution in [0.15, 0.2) is 53.5 Å². The van der Waals surface area contributed by atoms with Crippen LogP contribution in [0, 0.1) is 0 Å². The number of rotatable bonds is 11. The molecule has 0 saturated carbocycles. The van der Waals surface area contributed by atoms with E-state index in [9.17, 15) is 4.79 Å². The van der Waals surface area contributed by atoms with E-state index in [1.54, 1.807) is 25.7 Å². The lowest BCUT2D eigenvalue weighted by Gasteiger charge is -2.09. The number of nitrogens with one attached hydrogen (secondary N) is 1. The van der Waals surface area contributed by atoms with Crippen LogP contribution in [0.5, 0.6) is 5.75 Å². The first-order valence-electron chi connectivity index (χ1n) is 9.31. The van der Waals surface area contributed by atoms with Crippen molar-refractivity contribution < 1.29 is 14.3 Å². The van der Waals surface area contributed by atoms with Gasteiger partial charge in [0.05, 0.1) is 37.9 Å². The zero-order chi connectivity index (χ0) is 20.3. The Morgan fingerprint density at radius 1 is 1.38 bits per heavy atom. The van der Waals surface area contributed by atoms with Gasteiger partial charge in [-0.05, 0) is 25.5 Å². The normalized spacial score (nSPS) is 10.9. The van der Waals surface area contributed by atoms with Crippen molar-refractivity contribution in [2.45, 2.75) is 26.3 Å². The summed E-state index contributed by atoms with van der Waals surface area (Å²) in [4.78, 5) is 19.9. The number of aryl methyl sites for hydroxylation is 1. The lowest BCUT2D eigenvalue weighted by Crippen LogP contribution is -2.07. The second kappa shape index (κ2) is 11.0. The molecule has 0 aliphatic heterocycles. The number of ether oxygens (including phenoxy) is 2. The topological polar surface area (TPSA) is 90.6 Å². The maximum atomic E-state index is 11.5. The Hall–Kier alpha value is -3.20. The van der Waals surface area contributed by atoms with E-state index in [0.29, 0.717) is 24.0 Å². The van der Waals surface area contributed by atoms with E-state index in [2.05, 4.69) is 20.5 Å². The van der Waals surface area contributed by atoms with Crippen molar-refractivity contribution in [3.63, 3.8) is 0 Å². The third-order valence-electron chi connectivity index (χ3n) is 3.84. The van der Waals surface area contributed by atoms with Crippen LogP contribution in [0.4, 0.5) is 5.13 Å². The van der Waals surface area contributed by atoms with Crippen molar-refractivity contribution in [3.05, 3.63) is 59.6 Å². The Kier molecular flexibility index (Phi) is 7.76. The first-order chi connectivity index (χ1) is 14.2. The van der Waals surface area contributed by atoms with Gasteiger partial charge in [-0.1, -0.05) is 12.1 Å². The average Bonchev–Trinajstić information content (AvgIpc) is 3.39. The summed E-state index contributed by atoms with van der Waals surface area (Å²) in [5, 5.41) is 6.66. The maximum absolute atomic E-state index is 11.5. The quantitative estimate of drug-likeness (QED) is 0.224. The van der Waals surface area contributed by atoms with Gasteiger partial charge in [0.1, 0.15) is 5.75 Å². The summed E-state index contributed by atoms with van der Waals surface area (Å²) in [5.41, 5.74) is 4.42. The van der Waals surface area contributed by atoms with Gasteiger partial charge in [0.2, 0.25) is 5.13 Å². The number of hydrogen-bond acceptors (Lipinski definition) is 8. The Labute approximate surface area is 173 Å². The molecule has 0 fully saturated rings. The Balaban J connectivity index is 1.49. The Bertz CT molecular complexity index is 924. The number of hydrazone groups is 1. The summed E-state index contributed by atoms with van der Waals surface area (Å²) in [6.45, 7) is 3.60. The fraction of sp³-hybridized carbons (Fsp3) is 0.300. The Morgan fingerprint density at radius 2 is 2.28 bits per heavy atom. The third-order valence-corrected chi connectivity index (χ3v) is 4.64. The largest absolute Gasteiger partial charge is 0.493 e. The summed E-state index contributed by atoms with van der Waals surface area (Å²) in [5.74, 6) is 0.484. The highest BCUT2D eigenvalue weighted by Gasteiger charge is 2.08. The van der Waals surface area contributed by atoms with E-state index < -0.39 is 0 Å². The number of benzene rings is 1. The molecular weight excluding hydrogens is 390 g/mol. The number of esters is 1. The molecule has 0 spiro atoms. The van der Waals surface area contributed by atoms with E-state index >= 15 is 0 Å². The van der Waals surface area contributed by atoms with E-state index in [0.717, 1.165) is 24.3 Å². The van der Waals surface area contributed by atoms with Gasteiger partial charge in [-0.15, -0.1) is 11.3 Å². The van der Waals surface area contributed by atoms with Gasteiger partial charge in [0.25, 0.3) is 0 Å². The predicted octanol–water partition coefficient (Wildman–Crippen LogP) is 3.36. The molecular formula is C20H23N5O3S. The summed E-state index contributed by atoms with van der Waals surface area (Å²) < 4.78 is 12.8. The van der Waals surface area contributed by atoms with Crippen molar-refractivity contribution in [1.82, 2.24) is 14.5 Å². The molecule has 152 valence electrons. The molecule has 0 bridgehead atoms. The smallest absolute Gasteiger partial charge is 0.311 e. The van der Waals surface area contributed by atoms with Crippen LogP contribution in [0.25, 0.3) is 0 Å². The molecule has 3 rings (SSSR count). The zero-order valence-corrected chi connectivity index (χ0v) is 17.0. The van der Waals surface area contributed by atoms with E-state index in [4.69, 9.17) is 9.47 Å². The fourth-order valence-electron chi connectivity index (χ4n) is 2.52. The second-order valence-corrected chi connectivity index (χ2v) is 6.89. The SMILES string of the molecule is CCOC(=O)Cc1csc(NN=Cc2ccccc2OCCCn2ccnc2)n1. The number of carbonyl (C=O) groups excluding carboxylic acids is 1. The van der Waals surface area contributed by atoms with Crippen LogP contribution in [-0.2, 0) is 22.5 Å². The van der Waals surface area contributed by atoms with Crippen LogP contribution in [0.3, 0.4) is 0 Å². The molecule has 0 aliphatic carbocycles. The highest BCUT2D eigenvalue weighted by molar-refractivity contribution is 7.13. The molecule has 0 radical (unpaired) electrons. The van der Waals surface area contributed by atoms with Crippen molar-refractivity contribution in [2.75, 3.05) is 18.6 Å². The minimum atomic E-state index is -0.285. The number of anilines is 1. The molecule has 0 saturated heterocycles. The first-order valence-corrected chi connectivity index (χ1v) is 10.2. The maximum Gasteiger partial charge on any atom is 0.311 e. The number of nitrogens with zero attached hydrogens (tertiary/aromatic N) is 4. The number of aromatic nitrogens is 3. The summed E-state index contributed by atoms with van der Waals surface area (Å²) in [6.07, 6.45) is 8.22. The first kappa shape index (κ1) is 20.5. The molecule has 2 aromatic heterocycles. The van der Waals surface area contributed by atoms with Gasteiger partial charge >= 0.3 is 5.97 Å². The molecule has 0 amide bonds. The van der Waals surface area contributed by atoms with Crippen molar-refractivity contribution in [2.24, 2.45) is 5.10 Å². The van der Waals surface area contributed by atoms with Gasteiger partial charge in [-0.25, -0.2) is 9.97 Å². The molecule has 3 aromatic rings. The number of para-hydroxylation sites is 1. The summed E-state index contributed by atoms with van der Waals surface area (Å²) in [6, 6.07) is 7.71. The van der Waals surface area contributed by atoms with Crippen molar-refractivity contribution in [1.29, 1.82) is 0 Å². The van der Waals surface area contributed by atoms with Crippen LogP contribution in [-0.4, -0.2) is 39.9 Å². The monoisotopic (exact) mass is 413 g/mol. The minimum absolute atomic E-state index is 0.158. The summed E-state index contributed by atoms with van der Waals surface area (Å²) in [7, 11) is 0. The Morgan fingerprint density at radius 3 is 3.10 bits per heavy atom. The molecule has 8 nitrogen and oxygen atoms in total. The molecule has 0 aliphatic rings. The van der Waals surface area contributed by atoms with Crippen LogP contribution >= 0.6 is 11.3 Å². The lowest BCUT2D eigenvalue weighted by atomic mass is 10.2. The minimum Gasteiger partial charge on any atom is -0.493 e. The van der Waals surface area contributed by atoms with Crippen LogP contribution in [0.1, 0.15) is 24.6 Å². The molecule has 1 N–H and O–H groups in total. The van der Waals surface area contributed by atoms with Gasteiger partial charge in [0, 0.05) is 29.9 Å². The number of thiazole rings is 1. The predicted molar refractivity (Wildman–Crippen MR) is 112 cm³/mol. The molecule has 1 aromatic carbocycles. The number of carbonyl (C=O) groups is 1. The number of hydrogen-bond donors (Lipinski definition) is 1. The number of imidazole rings is 1. The van der Waals surface area contributed by atoms with Crippen LogP contribution < -0.4 is 10.2 Å². The standard InChI is InChI=1S/C20H23N5O3S/c1-2-27-19(26)12-17-14-29-20(23-17)24-22-13-16-6-3-4-7-18(16)28-11-5-9-25-10-8-21-15-25/h3-4,6-8,10,13-15H,2,5,9,11-12H2,1H3,(H,23,24). The third kappa shape index (κ3) is 6.72. The summed E-state index contributed by atoms with van der Waals surface area (Å²) >= 11 is 1.38. The zero-order valence-electron chi connectivity index (χ0n) is 16.2. The molecule has 0 atom stereocenters. The second-order valence-electron chi connectivity index (χ2n) is 6.04. The highest BCUT2D eigenvalue weighted by Crippen LogP contribution is 2.18. The van der Waals surface area contributed by atoms with Crippen molar-refractivity contribution in [3.8, 4) is 5.75 Å². The molecule has 2 heterocycles. The highest BCUT2D eigenvalue weighted by atomic mass is 32.1. The van der Waals surface area contributed by atoms with Crippen molar-refractivity contribution >= 4 is 28.7 Å². The van der Waals surface area contributed by atoms with E-state index in [-0.39, 0.29) is 12.4 Å². The molecule has 29 heavy (non-hydrogen) atoms. The van der Waals surface area contributed by atoms with Gasteiger partial charge in [0.15, 0.2) is 0 Å². The van der Waals surface area contributed by atoms with Crippen LogP contribution in [0.2, 0.25) is 0 Å². The lowest BCUT2D eigenvalue weighted by molar-refractivity contribution is -0.142. The average molecular weight is 414 g/mol. The van der Waals surface area contributed by atoms with E-state index in [1.165, 1.54) is 11.3 Å². The molecule has 9 heteroatoms. The van der Waals surface area contributed by atoms with Gasteiger partial charge in [-0.2, -0.15) is 5.10 Å². The van der Waals surface area contributed by atoms with Gasteiger partial charge < -0.3 is 14.0 Å².